The van der Waals surface area contributed by atoms with Crippen LogP contribution in [0.1, 0.15) is 25.3 Å². The number of likely N-dealkylation sites (N-methyl/N-ethyl adjacent to an activating group) is 1. The highest BCUT2D eigenvalue weighted by Crippen LogP contribution is 2.01. The van der Waals surface area contributed by atoms with Crippen molar-refractivity contribution in [3.63, 3.8) is 0 Å². The summed E-state index contributed by atoms with van der Waals surface area (Å²) in [5.41, 5.74) is 1.29. The van der Waals surface area contributed by atoms with E-state index in [0.717, 1.165) is 26.1 Å². The minimum atomic E-state index is 0.937. The Kier molecular flexibility index (Phi) is 6.50. The molecule has 1 N–H and O–H groups in total. The number of hydrogen-bond acceptors (Lipinski definition) is 4. The van der Waals surface area contributed by atoms with E-state index in [1.165, 1.54) is 44.7 Å². The normalized spacial score (nSPS) is 17.7. The molecule has 0 amide bonds. The summed E-state index contributed by atoms with van der Waals surface area (Å²) in [5.74, 6) is 0. The number of nitrogens with one attached hydrogen (secondary N) is 1. The van der Waals surface area contributed by atoms with Gasteiger partial charge >= 0.3 is 0 Å². The molecule has 0 radical (unpaired) electrons. The van der Waals surface area contributed by atoms with Crippen molar-refractivity contribution < 1.29 is 0 Å². The number of hydrogen-bond donors (Lipinski definition) is 1. The molecule has 0 spiro atoms. The molecule has 1 fully saturated rings. The van der Waals surface area contributed by atoms with Crippen molar-refractivity contribution in [3.8, 4) is 0 Å². The third-order valence-corrected chi connectivity index (χ3v) is 3.89. The minimum absolute atomic E-state index is 0.937. The average Bonchev–Trinajstić information content (AvgIpc) is 2.89. The van der Waals surface area contributed by atoms with Crippen molar-refractivity contribution in [3.05, 3.63) is 18.0 Å². The molecule has 2 heterocycles. The summed E-state index contributed by atoms with van der Waals surface area (Å²) in [6, 6.07) is 0. The van der Waals surface area contributed by atoms with E-state index in [0.29, 0.717) is 0 Å². The van der Waals surface area contributed by atoms with Gasteiger partial charge in [-0.2, -0.15) is 5.10 Å². The molecular formula is C15H29N5. The van der Waals surface area contributed by atoms with Gasteiger partial charge in [-0.05, 0) is 33.0 Å². The topological polar surface area (TPSA) is 36.3 Å². The Morgan fingerprint density at radius 3 is 2.75 bits per heavy atom. The first kappa shape index (κ1) is 15.5. The Hall–Kier alpha value is -0.910. The first-order valence-corrected chi connectivity index (χ1v) is 7.91. The van der Waals surface area contributed by atoms with Crippen LogP contribution in [0, 0.1) is 0 Å². The first-order valence-electron chi connectivity index (χ1n) is 7.91. The smallest absolute Gasteiger partial charge is 0.0534 e. The quantitative estimate of drug-likeness (QED) is 0.721. The zero-order chi connectivity index (χ0) is 14.2. The molecule has 1 aromatic rings. The van der Waals surface area contributed by atoms with Crippen LogP contribution in [0.4, 0.5) is 0 Å². The maximum absolute atomic E-state index is 4.35. The number of nitrogens with zero attached hydrogens (tertiary/aromatic N) is 4. The van der Waals surface area contributed by atoms with E-state index in [-0.39, 0.29) is 0 Å². The van der Waals surface area contributed by atoms with Crippen LogP contribution >= 0.6 is 0 Å². The lowest BCUT2D eigenvalue weighted by atomic mass is 10.3. The standard InChI is InChI=1S/C15H29N5/c1-3-6-20-14-15(13-17-20)12-16-5-4-7-19-10-8-18(2)9-11-19/h13-14,16H,3-12H2,1-2H3. The van der Waals surface area contributed by atoms with Crippen molar-refractivity contribution in [2.75, 3.05) is 46.3 Å². The molecule has 0 unspecified atom stereocenters. The molecule has 2 rings (SSSR count). The van der Waals surface area contributed by atoms with Gasteiger partial charge in [0.2, 0.25) is 0 Å². The Morgan fingerprint density at radius 2 is 2.00 bits per heavy atom. The van der Waals surface area contributed by atoms with Gasteiger partial charge in [0.15, 0.2) is 0 Å². The van der Waals surface area contributed by atoms with Crippen molar-refractivity contribution in [2.24, 2.45) is 0 Å². The first-order chi connectivity index (χ1) is 9.78. The molecule has 1 aromatic heterocycles. The zero-order valence-electron chi connectivity index (χ0n) is 13.0. The lowest BCUT2D eigenvalue weighted by Crippen LogP contribution is -2.45. The lowest BCUT2D eigenvalue weighted by Gasteiger charge is -2.32. The zero-order valence-corrected chi connectivity index (χ0v) is 13.0. The maximum Gasteiger partial charge on any atom is 0.0534 e. The van der Waals surface area contributed by atoms with Gasteiger partial charge in [0, 0.05) is 51.0 Å². The predicted molar refractivity (Wildman–Crippen MR) is 82.8 cm³/mol. The fourth-order valence-corrected chi connectivity index (χ4v) is 2.58. The molecule has 20 heavy (non-hydrogen) atoms. The highest BCUT2D eigenvalue weighted by molar-refractivity contribution is 5.03. The molecule has 0 saturated carbocycles. The van der Waals surface area contributed by atoms with Crippen molar-refractivity contribution in [2.45, 2.75) is 32.9 Å². The van der Waals surface area contributed by atoms with Gasteiger partial charge < -0.3 is 15.1 Å². The van der Waals surface area contributed by atoms with E-state index in [1.807, 2.05) is 10.9 Å². The molecule has 0 aromatic carbocycles. The van der Waals surface area contributed by atoms with Gasteiger partial charge in [0.1, 0.15) is 0 Å². The minimum Gasteiger partial charge on any atom is -0.313 e. The van der Waals surface area contributed by atoms with Crippen LogP contribution in [0.3, 0.4) is 0 Å². The molecule has 5 heteroatoms. The molecule has 1 aliphatic rings. The largest absolute Gasteiger partial charge is 0.313 e. The van der Waals surface area contributed by atoms with Crippen LogP contribution in [0.25, 0.3) is 0 Å². The van der Waals surface area contributed by atoms with Crippen molar-refractivity contribution in [1.82, 2.24) is 24.9 Å². The summed E-state index contributed by atoms with van der Waals surface area (Å²) in [6.07, 6.45) is 6.49. The van der Waals surface area contributed by atoms with Gasteiger partial charge in [-0.3, -0.25) is 4.68 Å². The summed E-state index contributed by atoms with van der Waals surface area (Å²) in [5, 5.41) is 7.86. The highest BCUT2D eigenvalue weighted by Gasteiger charge is 2.12. The van der Waals surface area contributed by atoms with Crippen molar-refractivity contribution >= 4 is 0 Å². The lowest BCUT2D eigenvalue weighted by molar-refractivity contribution is 0.153. The van der Waals surface area contributed by atoms with E-state index in [9.17, 15) is 0 Å². The Balaban J connectivity index is 1.52. The highest BCUT2D eigenvalue weighted by atomic mass is 15.3. The SMILES string of the molecule is CCCn1cc(CNCCCN2CCN(C)CC2)cn1. The van der Waals surface area contributed by atoms with Crippen LogP contribution in [0.15, 0.2) is 12.4 Å². The monoisotopic (exact) mass is 279 g/mol. The van der Waals surface area contributed by atoms with E-state index in [1.54, 1.807) is 0 Å². The second kappa shape index (κ2) is 8.39. The maximum atomic E-state index is 4.35. The molecule has 1 aliphatic heterocycles. The number of aryl methyl sites for hydroxylation is 1. The van der Waals surface area contributed by atoms with Gasteiger partial charge in [-0.15, -0.1) is 0 Å². The number of piperazine rings is 1. The van der Waals surface area contributed by atoms with E-state index >= 15 is 0 Å². The average molecular weight is 279 g/mol. The van der Waals surface area contributed by atoms with Crippen molar-refractivity contribution in [1.29, 1.82) is 0 Å². The number of aromatic nitrogens is 2. The molecule has 0 bridgehead atoms. The van der Waals surface area contributed by atoms with Crippen LogP contribution in [0.2, 0.25) is 0 Å². The van der Waals surface area contributed by atoms with Gasteiger partial charge in [0.05, 0.1) is 6.20 Å². The molecule has 1 saturated heterocycles. The second-order valence-electron chi connectivity index (χ2n) is 5.79. The van der Waals surface area contributed by atoms with Crippen LogP contribution < -0.4 is 5.32 Å². The fourth-order valence-electron chi connectivity index (χ4n) is 2.58. The summed E-state index contributed by atoms with van der Waals surface area (Å²) in [4.78, 5) is 4.98. The Bertz CT molecular complexity index is 368. The fraction of sp³-hybridized carbons (Fsp3) is 0.800. The second-order valence-corrected chi connectivity index (χ2v) is 5.79. The Labute approximate surface area is 122 Å². The summed E-state index contributed by atoms with van der Waals surface area (Å²) < 4.78 is 2.03. The van der Waals surface area contributed by atoms with Gasteiger partial charge in [-0.1, -0.05) is 6.92 Å². The van der Waals surface area contributed by atoms with E-state index in [4.69, 9.17) is 0 Å². The number of rotatable bonds is 8. The summed E-state index contributed by atoms with van der Waals surface area (Å²) in [7, 11) is 2.21. The predicted octanol–water partition coefficient (Wildman–Crippen LogP) is 1.02. The van der Waals surface area contributed by atoms with E-state index in [2.05, 4.69) is 40.4 Å². The van der Waals surface area contributed by atoms with Gasteiger partial charge in [-0.25, -0.2) is 0 Å². The summed E-state index contributed by atoms with van der Waals surface area (Å²) in [6.45, 7) is 11.3. The molecule has 0 atom stereocenters. The molecule has 0 aliphatic carbocycles. The van der Waals surface area contributed by atoms with Crippen LogP contribution in [-0.2, 0) is 13.1 Å². The third kappa shape index (κ3) is 5.23. The third-order valence-electron chi connectivity index (χ3n) is 3.89. The molecule has 114 valence electrons. The van der Waals surface area contributed by atoms with Crippen LogP contribution in [0.5, 0.6) is 0 Å². The molecule has 5 nitrogen and oxygen atoms in total. The van der Waals surface area contributed by atoms with E-state index < -0.39 is 0 Å². The van der Waals surface area contributed by atoms with Gasteiger partial charge in [0.25, 0.3) is 0 Å². The summed E-state index contributed by atoms with van der Waals surface area (Å²) >= 11 is 0. The van der Waals surface area contributed by atoms with Crippen LogP contribution in [-0.4, -0.2) is 65.9 Å². The molecular weight excluding hydrogens is 250 g/mol. The Morgan fingerprint density at radius 1 is 1.20 bits per heavy atom.